The highest BCUT2D eigenvalue weighted by molar-refractivity contribution is 5.92. The molecule has 0 radical (unpaired) electrons. The minimum Gasteiger partial charge on any atom is -0.491 e. The SMILES string of the molecule is Cc1ccccc1OCCNC(=O)c1cc(C)n(-c2ccccc2)n1. The van der Waals surface area contributed by atoms with Crippen LogP contribution in [-0.4, -0.2) is 28.8 Å². The van der Waals surface area contributed by atoms with Crippen LogP contribution in [0.1, 0.15) is 21.7 Å². The van der Waals surface area contributed by atoms with Crippen LogP contribution in [0.15, 0.2) is 60.7 Å². The van der Waals surface area contributed by atoms with Gasteiger partial charge in [0, 0.05) is 5.69 Å². The fourth-order valence-corrected chi connectivity index (χ4v) is 2.55. The van der Waals surface area contributed by atoms with E-state index in [0.717, 1.165) is 22.7 Å². The average molecular weight is 335 g/mol. The number of nitrogens with one attached hydrogen (secondary N) is 1. The van der Waals surface area contributed by atoms with Crippen LogP contribution in [0.3, 0.4) is 0 Å². The lowest BCUT2D eigenvalue weighted by molar-refractivity contribution is 0.0941. The fraction of sp³-hybridized carbons (Fsp3) is 0.200. The van der Waals surface area contributed by atoms with Crippen molar-refractivity contribution in [3.05, 3.63) is 77.6 Å². The summed E-state index contributed by atoms with van der Waals surface area (Å²) in [5.41, 5.74) is 3.32. The number of aromatic nitrogens is 2. The first-order chi connectivity index (χ1) is 12.1. The summed E-state index contributed by atoms with van der Waals surface area (Å²) in [4.78, 5) is 12.3. The fourth-order valence-electron chi connectivity index (χ4n) is 2.55. The summed E-state index contributed by atoms with van der Waals surface area (Å²) in [6.07, 6.45) is 0. The lowest BCUT2D eigenvalue weighted by Crippen LogP contribution is -2.28. The van der Waals surface area contributed by atoms with E-state index in [1.807, 2.05) is 68.4 Å². The molecule has 5 heteroatoms. The summed E-state index contributed by atoms with van der Waals surface area (Å²) in [6, 6.07) is 19.3. The molecule has 1 aromatic heterocycles. The van der Waals surface area contributed by atoms with Gasteiger partial charge in [-0.1, -0.05) is 36.4 Å². The summed E-state index contributed by atoms with van der Waals surface area (Å²) in [6.45, 7) is 4.75. The van der Waals surface area contributed by atoms with Crippen molar-refractivity contribution in [1.29, 1.82) is 0 Å². The van der Waals surface area contributed by atoms with Crippen LogP contribution in [0.5, 0.6) is 5.75 Å². The predicted molar refractivity (Wildman–Crippen MR) is 97.3 cm³/mol. The van der Waals surface area contributed by atoms with Gasteiger partial charge in [0.25, 0.3) is 5.91 Å². The van der Waals surface area contributed by atoms with Crippen molar-refractivity contribution >= 4 is 5.91 Å². The van der Waals surface area contributed by atoms with Gasteiger partial charge in [0.05, 0.1) is 12.2 Å². The largest absolute Gasteiger partial charge is 0.491 e. The number of carbonyl (C=O) groups is 1. The minimum absolute atomic E-state index is 0.203. The molecule has 0 atom stereocenters. The second kappa shape index (κ2) is 7.66. The number of hydrogen-bond acceptors (Lipinski definition) is 3. The lowest BCUT2D eigenvalue weighted by atomic mass is 10.2. The molecule has 0 bridgehead atoms. The maximum Gasteiger partial charge on any atom is 0.271 e. The first-order valence-electron chi connectivity index (χ1n) is 8.24. The van der Waals surface area contributed by atoms with Gasteiger partial charge in [-0.15, -0.1) is 0 Å². The first-order valence-corrected chi connectivity index (χ1v) is 8.24. The predicted octanol–water partition coefficient (Wildman–Crippen LogP) is 3.30. The Morgan fingerprint density at radius 3 is 2.56 bits per heavy atom. The zero-order valence-electron chi connectivity index (χ0n) is 14.4. The number of benzene rings is 2. The van der Waals surface area contributed by atoms with E-state index >= 15 is 0 Å². The number of carbonyl (C=O) groups excluding carboxylic acids is 1. The second-order valence-electron chi connectivity index (χ2n) is 5.79. The molecule has 5 nitrogen and oxygen atoms in total. The van der Waals surface area contributed by atoms with Crippen LogP contribution in [0.4, 0.5) is 0 Å². The molecule has 0 aliphatic heterocycles. The van der Waals surface area contributed by atoms with Gasteiger partial charge in [-0.3, -0.25) is 4.79 Å². The Morgan fingerprint density at radius 2 is 1.80 bits per heavy atom. The van der Waals surface area contributed by atoms with Crippen molar-refractivity contribution in [2.75, 3.05) is 13.2 Å². The van der Waals surface area contributed by atoms with Crippen molar-refractivity contribution in [1.82, 2.24) is 15.1 Å². The molecule has 0 aliphatic rings. The van der Waals surface area contributed by atoms with E-state index in [-0.39, 0.29) is 5.91 Å². The van der Waals surface area contributed by atoms with Gasteiger partial charge >= 0.3 is 0 Å². The quantitative estimate of drug-likeness (QED) is 0.703. The zero-order valence-corrected chi connectivity index (χ0v) is 14.4. The van der Waals surface area contributed by atoms with Gasteiger partial charge in [-0.25, -0.2) is 4.68 Å². The Balaban J connectivity index is 1.56. The highest BCUT2D eigenvalue weighted by Gasteiger charge is 2.12. The molecule has 128 valence electrons. The number of amides is 1. The topological polar surface area (TPSA) is 56.1 Å². The minimum atomic E-state index is -0.203. The van der Waals surface area contributed by atoms with Gasteiger partial charge in [0.2, 0.25) is 0 Å². The number of ether oxygens (including phenoxy) is 1. The first kappa shape index (κ1) is 16.8. The number of rotatable bonds is 6. The molecule has 0 fully saturated rings. The van der Waals surface area contributed by atoms with E-state index in [0.29, 0.717) is 18.8 Å². The Kier molecular flexibility index (Phi) is 5.14. The summed E-state index contributed by atoms with van der Waals surface area (Å²) >= 11 is 0. The second-order valence-corrected chi connectivity index (χ2v) is 5.79. The highest BCUT2D eigenvalue weighted by atomic mass is 16.5. The third-order valence-electron chi connectivity index (χ3n) is 3.86. The Morgan fingerprint density at radius 1 is 1.08 bits per heavy atom. The van der Waals surface area contributed by atoms with Gasteiger partial charge in [-0.2, -0.15) is 5.10 Å². The van der Waals surface area contributed by atoms with Gasteiger partial charge < -0.3 is 10.1 Å². The van der Waals surface area contributed by atoms with Crippen molar-refractivity contribution in [2.45, 2.75) is 13.8 Å². The van der Waals surface area contributed by atoms with E-state index < -0.39 is 0 Å². The highest BCUT2D eigenvalue weighted by Crippen LogP contribution is 2.15. The van der Waals surface area contributed by atoms with Crippen LogP contribution in [0.25, 0.3) is 5.69 Å². The maximum atomic E-state index is 12.3. The monoisotopic (exact) mass is 335 g/mol. The van der Waals surface area contributed by atoms with Crippen molar-refractivity contribution < 1.29 is 9.53 Å². The van der Waals surface area contributed by atoms with Gasteiger partial charge in [0.15, 0.2) is 5.69 Å². The normalized spacial score (nSPS) is 10.5. The van der Waals surface area contributed by atoms with Crippen LogP contribution >= 0.6 is 0 Å². The van der Waals surface area contributed by atoms with E-state index in [1.54, 1.807) is 10.7 Å². The smallest absolute Gasteiger partial charge is 0.271 e. The molecule has 0 unspecified atom stereocenters. The summed E-state index contributed by atoms with van der Waals surface area (Å²) in [5.74, 6) is 0.632. The van der Waals surface area contributed by atoms with Crippen molar-refractivity contribution in [3.8, 4) is 11.4 Å². The van der Waals surface area contributed by atoms with Crippen LogP contribution < -0.4 is 10.1 Å². The molecule has 1 heterocycles. The van der Waals surface area contributed by atoms with Gasteiger partial charge in [-0.05, 0) is 43.7 Å². The molecule has 2 aromatic carbocycles. The standard InChI is InChI=1S/C20H21N3O2/c1-15-8-6-7-11-19(15)25-13-12-21-20(24)18-14-16(2)23(22-18)17-9-4-3-5-10-17/h3-11,14H,12-13H2,1-2H3,(H,21,24). The summed E-state index contributed by atoms with van der Waals surface area (Å²) < 4.78 is 7.44. The number of para-hydroxylation sites is 2. The molecule has 0 spiro atoms. The number of nitrogens with zero attached hydrogens (tertiary/aromatic N) is 2. The third-order valence-corrected chi connectivity index (χ3v) is 3.86. The van der Waals surface area contributed by atoms with Crippen molar-refractivity contribution in [3.63, 3.8) is 0 Å². The van der Waals surface area contributed by atoms with Crippen LogP contribution in [0.2, 0.25) is 0 Å². The Bertz CT molecular complexity index is 856. The molecule has 0 saturated heterocycles. The zero-order chi connectivity index (χ0) is 17.6. The molecule has 3 rings (SSSR count). The summed E-state index contributed by atoms with van der Waals surface area (Å²) in [5, 5.41) is 7.24. The van der Waals surface area contributed by atoms with Gasteiger partial charge in [0.1, 0.15) is 12.4 Å². The molecule has 3 aromatic rings. The molecule has 0 saturated carbocycles. The molecular weight excluding hydrogens is 314 g/mol. The van der Waals surface area contributed by atoms with E-state index in [1.165, 1.54) is 0 Å². The Labute approximate surface area is 147 Å². The van der Waals surface area contributed by atoms with Crippen LogP contribution in [0, 0.1) is 13.8 Å². The molecule has 0 aliphatic carbocycles. The third kappa shape index (κ3) is 4.07. The Hall–Kier alpha value is -3.08. The number of hydrogen-bond donors (Lipinski definition) is 1. The van der Waals surface area contributed by atoms with Crippen molar-refractivity contribution in [2.24, 2.45) is 0 Å². The molecular formula is C20H21N3O2. The maximum absolute atomic E-state index is 12.3. The average Bonchev–Trinajstić information content (AvgIpc) is 3.02. The molecule has 1 N–H and O–H groups in total. The van der Waals surface area contributed by atoms with E-state index in [2.05, 4.69) is 10.4 Å². The van der Waals surface area contributed by atoms with E-state index in [9.17, 15) is 4.79 Å². The lowest BCUT2D eigenvalue weighted by Gasteiger charge is -2.09. The van der Waals surface area contributed by atoms with Crippen LogP contribution in [-0.2, 0) is 0 Å². The molecule has 1 amide bonds. The molecule has 25 heavy (non-hydrogen) atoms. The summed E-state index contributed by atoms with van der Waals surface area (Å²) in [7, 11) is 0. The number of aryl methyl sites for hydroxylation is 2. The van der Waals surface area contributed by atoms with E-state index in [4.69, 9.17) is 4.74 Å².